The van der Waals surface area contributed by atoms with Crippen LogP contribution in [0.2, 0.25) is 5.02 Å². The molecule has 10 heteroatoms. The van der Waals surface area contributed by atoms with Gasteiger partial charge in [0.05, 0.1) is 23.4 Å². The van der Waals surface area contributed by atoms with Gasteiger partial charge in [-0.1, -0.05) is 28.8 Å². The topological polar surface area (TPSA) is 120 Å². The van der Waals surface area contributed by atoms with Gasteiger partial charge in [-0.05, 0) is 28.8 Å². The number of amides is 1. The van der Waals surface area contributed by atoms with Crippen molar-refractivity contribution in [2.45, 2.75) is 19.7 Å². The lowest BCUT2D eigenvalue weighted by molar-refractivity contribution is 0.0949. The van der Waals surface area contributed by atoms with Gasteiger partial charge in [-0.15, -0.1) is 11.3 Å². The van der Waals surface area contributed by atoms with Crippen LogP contribution in [0, 0.1) is 0 Å². The van der Waals surface area contributed by atoms with Gasteiger partial charge >= 0.3 is 0 Å². The predicted molar refractivity (Wildman–Crippen MR) is 108 cm³/mol. The number of fused-ring (bicyclic) bond motifs is 1. The summed E-state index contributed by atoms with van der Waals surface area (Å²) < 4.78 is 1.99. The van der Waals surface area contributed by atoms with Gasteiger partial charge in [-0.3, -0.25) is 9.59 Å². The highest BCUT2D eigenvalue weighted by atomic mass is 35.5. The van der Waals surface area contributed by atoms with Crippen molar-refractivity contribution in [3.63, 3.8) is 0 Å². The number of azide groups is 1. The highest BCUT2D eigenvalue weighted by Crippen LogP contribution is 2.30. The second-order valence-corrected chi connectivity index (χ2v) is 7.56. The summed E-state index contributed by atoms with van der Waals surface area (Å²) in [4.78, 5) is 28.7. The van der Waals surface area contributed by atoms with Crippen LogP contribution in [-0.4, -0.2) is 15.6 Å². The molecule has 0 radical (unpaired) electrons. The molecule has 3 rings (SSSR count). The van der Waals surface area contributed by atoms with Crippen LogP contribution in [0.4, 0.5) is 0 Å². The number of benzene rings is 1. The minimum atomic E-state index is -0.493. The number of halogens is 1. The van der Waals surface area contributed by atoms with E-state index in [1.807, 2.05) is 0 Å². The van der Waals surface area contributed by atoms with Gasteiger partial charge in [0.25, 0.3) is 5.91 Å². The molecular weight excluding hydrogens is 402 g/mol. The Hall–Kier alpha value is -2.84. The number of thiophene rings is 1. The fourth-order valence-electron chi connectivity index (χ4n) is 2.90. The van der Waals surface area contributed by atoms with E-state index in [9.17, 15) is 14.7 Å². The number of nitrogens with zero attached hydrogens (tertiary/aromatic N) is 4. The zero-order valence-corrected chi connectivity index (χ0v) is 16.4. The summed E-state index contributed by atoms with van der Waals surface area (Å²) in [5.41, 5.74) is 10.2. The normalized spacial score (nSPS) is 10.7. The molecule has 0 saturated carbocycles. The molecule has 28 heavy (non-hydrogen) atoms. The molecule has 0 spiro atoms. The molecule has 0 fully saturated rings. The molecule has 0 bridgehead atoms. The number of hydrogen-bond acceptors (Lipinski definition) is 5. The molecule has 0 aliphatic carbocycles. The molecule has 1 amide bonds. The van der Waals surface area contributed by atoms with Gasteiger partial charge in [-0.2, -0.15) is 0 Å². The lowest BCUT2D eigenvalue weighted by atomic mass is 10.1. The molecule has 8 nitrogen and oxygen atoms in total. The molecule has 0 atom stereocenters. The Morgan fingerprint density at radius 2 is 2.11 bits per heavy atom. The summed E-state index contributed by atoms with van der Waals surface area (Å²) in [5.74, 6) is -0.493. The lowest BCUT2D eigenvalue weighted by Gasteiger charge is -2.09. The van der Waals surface area contributed by atoms with E-state index in [-0.39, 0.29) is 25.3 Å². The van der Waals surface area contributed by atoms with Crippen LogP contribution in [0.1, 0.15) is 26.4 Å². The van der Waals surface area contributed by atoms with Gasteiger partial charge in [0.15, 0.2) is 0 Å². The van der Waals surface area contributed by atoms with E-state index in [4.69, 9.17) is 17.1 Å². The Morgan fingerprint density at radius 1 is 1.39 bits per heavy atom. The first-order chi connectivity index (χ1) is 13.5. The fourth-order valence-corrected chi connectivity index (χ4v) is 4.19. The van der Waals surface area contributed by atoms with Crippen LogP contribution in [-0.2, 0) is 26.7 Å². The van der Waals surface area contributed by atoms with Gasteiger partial charge in [0.2, 0.25) is 5.43 Å². The average molecular weight is 418 g/mol. The zero-order chi connectivity index (χ0) is 20.3. The second-order valence-electron chi connectivity index (χ2n) is 6.02. The summed E-state index contributed by atoms with van der Waals surface area (Å²) in [6.45, 7) is -0.0133. The highest BCUT2D eigenvalue weighted by molar-refractivity contribution is 7.19. The Bertz CT molecular complexity index is 1150. The second kappa shape index (κ2) is 8.45. The minimum absolute atomic E-state index is 0.00466. The van der Waals surface area contributed by atoms with Crippen molar-refractivity contribution in [2.75, 3.05) is 0 Å². The van der Waals surface area contributed by atoms with Crippen molar-refractivity contribution < 1.29 is 9.90 Å². The molecule has 3 aromatic rings. The van der Waals surface area contributed by atoms with Gasteiger partial charge in [0, 0.05) is 34.6 Å². The Labute approximate surface area is 168 Å². The number of carbonyl (C=O) groups excluding carboxylic acids is 1. The van der Waals surface area contributed by atoms with Crippen molar-refractivity contribution in [1.82, 2.24) is 9.88 Å². The Morgan fingerprint density at radius 3 is 2.75 bits per heavy atom. The monoisotopic (exact) mass is 417 g/mol. The maximum absolute atomic E-state index is 12.9. The molecule has 2 aromatic heterocycles. The molecule has 0 aliphatic rings. The lowest BCUT2D eigenvalue weighted by Crippen LogP contribution is -2.29. The van der Waals surface area contributed by atoms with Crippen LogP contribution in [0.5, 0.6) is 0 Å². The smallest absolute Gasteiger partial charge is 0.257 e. The van der Waals surface area contributed by atoms with E-state index in [0.717, 1.165) is 16.9 Å². The summed E-state index contributed by atoms with van der Waals surface area (Å²) in [6.07, 6.45) is 1.45. The number of rotatable bonds is 6. The molecule has 1 aromatic carbocycles. The van der Waals surface area contributed by atoms with E-state index >= 15 is 0 Å². The number of pyridine rings is 1. The van der Waals surface area contributed by atoms with Crippen LogP contribution < -0.4 is 10.7 Å². The molecule has 0 saturated heterocycles. The van der Waals surface area contributed by atoms with Crippen molar-refractivity contribution >= 4 is 39.1 Å². The molecule has 0 unspecified atom stereocenters. The zero-order valence-electron chi connectivity index (χ0n) is 14.8. The van der Waals surface area contributed by atoms with Crippen LogP contribution in [0.15, 0.2) is 40.4 Å². The maximum atomic E-state index is 12.9. The largest absolute Gasteiger partial charge is 0.391 e. The maximum Gasteiger partial charge on any atom is 0.257 e. The summed E-state index contributed by atoms with van der Waals surface area (Å²) in [7, 11) is 1.70. The molecule has 2 N–H and O–H groups in total. The van der Waals surface area contributed by atoms with Crippen LogP contribution >= 0.6 is 22.9 Å². The van der Waals surface area contributed by atoms with Gasteiger partial charge in [-0.25, -0.2) is 0 Å². The van der Waals surface area contributed by atoms with Crippen molar-refractivity contribution in [1.29, 1.82) is 0 Å². The number of nitrogens with one attached hydrogen (secondary N) is 1. The summed E-state index contributed by atoms with van der Waals surface area (Å²) in [6, 6.07) is 7.03. The molecular formula is C18H16ClN5O3S. The van der Waals surface area contributed by atoms with E-state index in [0.29, 0.717) is 25.7 Å². The summed E-state index contributed by atoms with van der Waals surface area (Å²) >= 11 is 6.95. The number of aryl methyl sites for hydroxylation is 1. The van der Waals surface area contributed by atoms with Crippen molar-refractivity contribution in [3.8, 4) is 0 Å². The molecule has 144 valence electrons. The number of aromatic nitrogens is 1. The number of aliphatic hydroxyl groups is 1. The number of hydrogen-bond donors (Lipinski definition) is 2. The van der Waals surface area contributed by atoms with E-state index in [1.54, 1.807) is 35.9 Å². The van der Waals surface area contributed by atoms with Gasteiger partial charge < -0.3 is 15.0 Å². The number of carbonyl (C=O) groups is 1. The standard InChI is InChI=1S/C18H16ClN5O3S/c1-24-8-13(18(27)21-6-10-2-4-11(19)5-3-10)16(26)17-15(24)12(7-22-23-20)14(9-25)28-17/h2-5,8,25H,6-7,9H2,1H3,(H,21,27). The average Bonchev–Trinajstić information content (AvgIpc) is 3.08. The third kappa shape index (κ3) is 3.88. The summed E-state index contributed by atoms with van der Waals surface area (Å²) in [5, 5.41) is 16.5. The van der Waals surface area contributed by atoms with Crippen LogP contribution in [0.25, 0.3) is 20.7 Å². The fraction of sp³-hybridized carbons (Fsp3) is 0.222. The third-order valence-corrected chi connectivity index (χ3v) is 5.69. The van der Waals surface area contributed by atoms with Crippen molar-refractivity contribution in [3.05, 3.63) is 77.7 Å². The first kappa shape index (κ1) is 19.9. The molecule has 0 aliphatic heterocycles. The third-order valence-electron chi connectivity index (χ3n) is 4.24. The highest BCUT2D eigenvalue weighted by Gasteiger charge is 2.20. The molecule has 2 heterocycles. The van der Waals surface area contributed by atoms with E-state index in [1.165, 1.54) is 6.20 Å². The van der Waals surface area contributed by atoms with Crippen LogP contribution in [0.3, 0.4) is 0 Å². The first-order valence-corrected chi connectivity index (χ1v) is 9.44. The quantitative estimate of drug-likeness (QED) is 0.362. The predicted octanol–water partition coefficient (Wildman–Crippen LogP) is 3.49. The van der Waals surface area contributed by atoms with E-state index in [2.05, 4.69) is 15.3 Å². The SMILES string of the molecule is Cn1cc(C(=O)NCc2ccc(Cl)cc2)c(=O)c2sc(CO)c(CN=[N+]=[N-])c21. The van der Waals surface area contributed by atoms with E-state index < -0.39 is 11.3 Å². The Kier molecular flexibility index (Phi) is 6.01. The Balaban J connectivity index is 1.97. The minimum Gasteiger partial charge on any atom is -0.391 e. The number of aliphatic hydroxyl groups excluding tert-OH is 1. The van der Waals surface area contributed by atoms with Crippen molar-refractivity contribution in [2.24, 2.45) is 12.2 Å². The first-order valence-electron chi connectivity index (χ1n) is 8.24. The van der Waals surface area contributed by atoms with Gasteiger partial charge in [0.1, 0.15) is 5.56 Å².